The molecule has 2 rings (SSSR count). The second-order valence-electron chi connectivity index (χ2n) is 5.50. The summed E-state index contributed by atoms with van der Waals surface area (Å²) in [7, 11) is 0. The highest BCUT2D eigenvalue weighted by Crippen LogP contribution is 2.09. The molecule has 0 aliphatic rings. The van der Waals surface area contributed by atoms with Crippen LogP contribution in [-0.4, -0.2) is 21.1 Å². The van der Waals surface area contributed by atoms with E-state index in [1.807, 2.05) is 13.8 Å². The number of hydrogen-bond acceptors (Lipinski definition) is 3. The Balaban J connectivity index is 2.27. The van der Waals surface area contributed by atoms with Crippen LogP contribution in [0, 0.1) is 0 Å². The third-order valence-electron chi connectivity index (χ3n) is 3.16. The number of halogens is 1. The monoisotopic (exact) mass is 335 g/mol. The molecule has 0 bridgehead atoms. The van der Waals surface area contributed by atoms with E-state index in [0.717, 1.165) is 10.1 Å². The molecule has 0 saturated carbocycles. The number of nitrogens with zero attached hydrogens (tertiary/aromatic N) is 2. The van der Waals surface area contributed by atoms with Crippen LogP contribution in [0.3, 0.4) is 0 Å². The van der Waals surface area contributed by atoms with Crippen molar-refractivity contribution in [3.8, 4) is 0 Å². The van der Waals surface area contributed by atoms with Crippen LogP contribution in [0.1, 0.15) is 19.4 Å². The van der Waals surface area contributed by atoms with E-state index in [0.29, 0.717) is 11.6 Å². The number of nitrogens with one attached hydrogen (secondary N) is 1. The van der Waals surface area contributed by atoms with Gasteiger partial charge in [0.15, 0.2) is 0 Å². The Hall–Kier alpha value is -2.34. The average molecular weight is 336 g/mol. The van der Waals surface area contributed by atoms with Crippen LogP contribution in [0.5, 0.6) is 0 Å². The third kappa shape index (κ3) is 4.56. The minimum absolute atomic E-state index is 0.0572. The Bertz CT molecular complexity index is 807. The van der Waals surface area contributed by atoms with E-state index in [2.05, 4.69) is 5.32 Å². The second kappa shape index (κ2) is 7.28. The lowest BCUT2D eigenvalue weighted by Gasteiger charge is -2.11. The number of carbonyl (C=O) groups is 1. The van der Waals surface area contributed by atoms with Gasteiger partial charge in [0.1, 0.15) is 6.54 Å². The van der Waals surface area contributed by atoms with Crippen molar-refractivity contribution in [2.24, 2.45) is 0 Å². The Labute approximate surface area is 138 Å². The van der Waals surface area contributed by atoms with E-state index in [-0.39, 0.29) is 18.5 Å². The van der Waals surface area contributed by atoms with Gasteiger partial charge in [0, 0.05) is 23.3 Å². The lowest BCUT2D eigenvalue weighted by atomic mass is 10.2. The molecule has 1 amide bonds. The molecule has 1 heterocycles. The van der Waals surface area contributed by atoms with Gasteiger partial charge in [0.2, 0.25) is 5.91 Å². The number of hydrogen-bond donors (Lipinski definition) is 1. The Morgan fingerprint density at radius 2 is 1.83 bits per heavy atom. The zero-order chi connectivity index (χ0) is 17.0. The van der Waals surface area contributed by atoms with Gasteiger partial charge in [-0.1, -0.05) is 23.7 Å². The van der Waals surface area contributed by atoms with Crippen LogP contribution in [0.4, 0.5) is 0 Å². The van der Waals surface area contributed by atoms with E-state index in [1.54, 1.807) is 24.3 Å². The lowest BCUT2D eigenvalue weighted by molar-refractivity contribution is -0.122. The SMILES string of the molecule is CC(C)NC(=O)Cn1c(=O)ccn(Cc2ccc(Cl)cc2)c1=O. The molecule has 1 N–H and O–H groups in total. The third-order valence-corrected chi connectivity index (χ3v) is 3.41. The first-order valence-electron chi connectivity index (χ1n) is 7.21. The normalized spacial score (nSPS) is 10.8. The topological polar surface area (TPSA) is 73.1 Å². The van der Waals surface area contributed by atoms with Gasteiger partial charge in [-0.05, 0) is 31.5 Å². The van der Waals surface area contributed by atoms with Crippen molar-refractivity contribution in [3.63, 3.8) is 0 Å². The summed E-state index contributed by atoms with van der Waals surface area (Å²) < 4.78 is 2.31. The van der Waals surface area contributed by atoms with Crippen LogP contribution in [0.15, 0.2) is 46.1 Å². The number of aromatic nitrogens is 2. The van der Waals surface area contributed by atoms with E-state index < -0.39 is 11.2 Å². The van der Waals surface area contributed by atoms with Crippen LogP contribution in [0.2, 0.25) is 5.02 Å². The van der Waals surface area contributed by atoms with Gasteiger partial charge in [0.25, 0.3) is 5.56 Å². The molecule has 0 atom stereocenters. The number of rotatable bonds is 5. The molecule has 0 spiro atoms. The van der Waals surface area contributed by atoms with E-state index in [9.17, 15) is 14.4 Å². The van der Waals surface area contributed by atoms with E-state index >= 15 is 0 Å². The molecule has 0 fully saturated rings. The Morgan fingerprint density at radius 3 is 2.43 bits per heavy atom. The molecule has 0 aliphatic heterocycles. The highest BCUT2D eigenvalue weighted by Gasteiger charge is 2.11. The van der Waals surface area contributed by atoms with Crippen LogP contribution in [-0.2, 0) is 17.9 Å². The highest BCUT2D eigenvalue weighted by atomic mass is 35.5. The summed E-state index contributed by atoms with van der Waals surface area (Å²) in [6, 6.07) is 8.28. The molecule has 2 aromatic rings. The zero-order valence-corrected chi connectivity index (χ0v) is 13.7. The molecule has 6 nitrogen and oxygen atoms in total. The van der Waals surface area contributed by atoms with Gasteiger partial charge in [-0.25, -0.2) is 4.79 Å². The maximum absolute atomic E-state index is 12.4. The van der Waals surface area contributed by atoms with Crippen molar-refractivity contribution in [2.45, 2.75) is 33.0 Å². The molecule has 0 aliphatic carbocycles. The van der Waals surface area contributed by atoms with E-state index in [1.165, 1.54) is 16.8 Å². The van der Waals surface area contributed by atoms with E-state index in [4.69, 9.17) is 11.6 Å². The minimum Gasteiger partial charge on any atom is -0.352 e. The zero-order valence-electron chi connectivity index (χ0n) is 13.0. The lowest BCUT2D eigenvalue weighted by Crippen LogP contribution is -2.44. The molecule has 122 valence electrons. The molecule has 23 heavy (non-hydrogen) atoms. The fourth-order valence-electron chi connectivity index (χ4n) is 2.12. The first-order valence-corrected chi connectivity index (χ1v) is 7.58. The Kier molecular flexibility index (Phi) is 5.39. The summed E-state index contributed by atoms with van der Waals surface area (Å²) in [6.45, 7) is 3.62. The Morgan fingerprint density at radius 1 is 1.17 bits per heavy atom. The largest absolute Gasteiger partial charge is 0.352 e. The van der Waals surface area contributed by atoms with Gasteiger partial charge in [-0.2, -0.15) is 0 Å². The van der Waals surface area contributed by atoms with Crippen molar-refractivity contribution in [1.82, 2.24) is 14.5 Å². The van der Waals surface area contributed by atoms with Crippen LogP contribution >= 0.6 is 11.6 Å². The van der Waals surface area contributed by atoms with Crippen molar-refractivity contribution in [2.75, 3.05) is 0 Å². The fraction of sp³-hybridized carbons (Fsp3) is 0.312. The van der Waals surface area contributed by atoms with Gasteiger partial charge in [-0.3, -0.25) is 18.7 Å². The summed E-state index contributed by atoms with van der Waals surface area (Å²) in [5.74, 6) is -0.372. The minimum atomic E-state index is -0.522. The quantitative estimate of drug-likeness (QED) is 0.893. The van der Waals surface area contributed by atoms with Gasteiger partial charge < -0.3 is 5.32 Å². The summed E-state index contributed by atoms with van der Waals surface area (Å²) >= 11 is 5.83. The number of amides is 1. The first-order chi connectivity index (χ1) is 10.9. The molecular formula is C16H18ClN3O3. The van der Waals surface area contributed by atoms with Gasteiger partial charge >= 0.3 is 5.69 Å². The van der Waals surface area contributed by atoms with Crippen molar-refractivity contribution in [3.05, 3.63) is 68.0 Å². The summed E-state index contributed by atoms with van der Waals surface area (Å²) in [4.78, 5) is 36.1. The molecule has 0 saturated heterocycles. The predicted octanol–water partition coefficient (Wildman–Crippen LogP) is 1.24. The average Bonchev–Trinajstić information content (AvgIpc) is 2.48. The van der Waals surface area contributed by atoms with Crippen molar-refractivity contribution >= 4 is 17.5 Å². The standard InChI is InChI=1S/C16H18ClN3O3/c1-11(2)18-14(21)10-20-15(22)7-8-19(16(20)23)9-12-3-5-13(17)6-4-12/h3-8,11H,9-10H2,1-2H3,(H,18,21). The maximum atomic E-state index is 12.4. The summed E-state index contributed by atoms with van der Waals surface area (Å²) in [5.41, 5.74) is -0.152. The van der Waals surface area contributed by atoms with Crippen LogP contribution in [0.25, 0.3) is 0 Å². The maximum Gasteiger partial charge on any atom is 0.331 e. The number of benzene rings is 1. The highest BCUT2D eigenvalue weighted by molar-refractivity contribution is 6.30. The summed E-state index contributed by atoms with van der Waals surface area (Å²) in [6.07, 6.45) is 1.43. The van der Waals surface area contributed by atoms with Gasteiger partial charge in [-0.15, -0.1) is 0 Å². The smallest absolute Gasteiger partial charge is 0.331 e. The molecule has 0 radical (unpaired) electrons. The summed E-state index contributed by atoms with van der Waals surface area (Å²) in [5, 5.41) is 3.27. The molecule has 0 unspecified atom stereocenters. The predicted molar refractivity (Wildman–Crippen MR) is 88.8 cm³/mol. The van der Waals surface area contributed by atoms with Crippen molar-refractivity contribution in [1.29, 1.82) is 0 Å². The first kappa shape index (κ1) is 17.0. The molecule has 1 aromatic heterocycles. The molecule has 1 aromatic carbocycles. The van der Waals surface area contributed by atoms with Crippen LogP contribution < -0.4 is 16.6 Å². The molecular weight excluding hydrogens is 318 g/mol. The number of carbonyl (C=O) groups excluding carboxylic acids is 1. The van der Waals surface area contributed by atoms with Crippen molar-refractivity contribution < 1.29 is 4.79 Å². The molecule has 7 heteroatoms. The second-order valence-corrected chi connectivity index (χ2v) is 5.94. The fourth-order valence-corrected chi connectivity index (χ4v) is 2.25. The van der Waals surface area contributed by atoms with Gasteiger partial charge in [0.05, 0.1) is 6.54 Å².